The minimum absolute atomic E-state index is 0.833. The van der Waals surface area contributed by atoms with Gasteiger partial charge in [0.15, 0.2) is 0 Å². The van der Waals surface area contributed by atoms with Crippen LogP contribution in [-0.4, -0.2) is 9.55 Å². The fraction of sp³-hybridized carbons (Fsp3) is 0.0556. The molecule has 3 heteroatoms. The second kappa shape index (κ2) is 5.01. The van der Waals surface area contributed by atoms with E-state index in [-0.39, 0.29) is 0 Å². The van der Waals surface area contributed by atoms with Crippen LogP contribution in [-0.2, 0) is 6.54 Å². The molecule has 4 aromatic rings. The Hall–Kier alpha value is -2.13. The van der Waals surface area contributed by atoms with E-state index in [1.807, 2.05) is 12.3 Å². The van der Waals surface area contributed by atoms with Gasteiger partial charge in [-0.15, -0.1) is 0 Å². The van der Waals surface area contributed by atoms with Crippen molar-refractivity contribution in [2.45, 2.75) is 6.54 Å². The van der Waals surface area contributed by atoms with Crippen LogP contribution in [0.2, 0.25) is 0 Å². The van der Waals surface area contributed by atoms with Gasteiger partial charge in [-0.2, -0.15) is 0 Å². The smallest absolute Gasteiger partial charge is 0.0751 e. The van der Waals surface area contributed by atoms with Gasteiger partial charge in [-0.1, -0.05) is 40.2 Å². The average molecular weight is 337 g/mol. The van der Waals surface area contributed by atoms with Crippen molar-refractivity contribution in [2.75, 3.05) is 0 Å². The van der Waals surface area contributed by atoms with Crippen molar-refractivity contribution in [1.29, 1.82) is 0 Å². The Morgan fingerprint density at radius 1 is 0.952 bits per heavy atom. The summed E-state index contributed by atoms with van der Waals surface area (Å²) in [6.07, 6.45) is 4.00. The van der Waals surface area contributed by atoms with Gasteiger partial charge in [0.25, 0.3) is 0 Å². The highest BCUT2D eigenvalue weighted by molar-refractivity contribution is 9.10. The summed E-state index contributed by atoms with van der Waals surface area (Å²) in [7, 11) is 0. The van der Waals surface area contributed by atoms with E-state index in [0.717, 1.165) is 16.5 Å². The lowest BCUT2D eigenvalue weighted by Gasteiger charge is -2.08. The fourth-order valence-corrected chi connectivity index (χ4v) is 3.17. The fourth-order valence-electron chi connectivity index (χ4n) is 2.79. The number of pyridine rings is 1. The van der Waals surface area contributed by atoms with E-state index < -0.39 is 0 Å². The molecule has 0 aliphatic carbocycles. The molecule has 2 nitrogen and oxygen atoms in total. The van der Waals surface area contributed by atoms with Crippen LogP contribution < -0.4 is 0 Å². The van der Waals surface area contributed by atoms with Crippen LogP contribution in [0.5, 0.6) is 0 Å². The number of hydrogen-bond acceptors (Lipinski definition) is 1. The molecule has 102 valence electrons. The molecule has 2 heterocycles. The van der Waals surface area contributed by atoms with Crippen LogP contribution in [0.4, 0.5) is 0 Å². The summed E-state index contributed by atoms with van der Waals surface area (Å²) >= 11 is 3.52. The summed E-state index contributed by atoms with van der Waals surface area (Å²) in [5.74, 6) is 0. The normalized spacial score (nSPS) is 11.3. The molecule has 0 N–H and O–H groups in total. The van der Waals surface area contributed by atoms with E-state index in [4.69, 9.17) is 0 Å². The number of hydrogen-bond donors (Lipinski definition) is 0. The third-order valence-corrected chi connectivity index (χ3v) is 4.28. The van der Waals surface area contributed by atoms with Crippen molar-refractivity contribution in [1.82, 2.24) is 9.55 Å². The Kier molecular flexibility index (Phi) is 3.00. The maximum atomic E-state index is 4.54. The number of fused-ring (bicyclic) bond motifs is 2. The standard InChI is InChI=1S/C18H13BrN2/c19-16-6-7-17-14(11-16)8-10-21(17)12-15-4-1-3-13-5-2-9-20-18(13)15/h1-11H,12H2. The number of nitrogens with zero attached hydrogens (tertiary/aromatic N) is 2. The van der Waals surface area contributed by atoms with Gasteiger partial charge >= 0.3 is 0 Å². The van der Waals surface area contributed by atoms with Crippen molar-refractivity contribution in [3.8, 4) is 0 Å². The van der Waals surface area contributed by atoms with E-state index in [2.05, 4.69) is 80.2 Å². The van der Waals surface area contributed by atoms with E-state index in [0.29, 0.717) is 0 Å². The zero-order valence-electron chi connectivity index (χ0n) is 11.3. The first kappa shape index (κ1) is 12.6. The molecule has 2 aromatic carbocycles. The molecule has 21 heavy (non-hydrogen) atoms. The molecule has 0 spiro atoms. The lowest BCUT2D eigenvalue weighted by Crippen LogP contribution is -1.99. The summed E-state index contributed by atoms with van der Waals surface area (Å²) in [5, 5.41) is 2.44. The maximum absolute atomic E-state index is 4.54. The van der Waals surface area contributed by atoms with Gasteiger partial charge in [0.1, 0.15) is 0 Å². The van der Waals surface area contributed by atoms with E-state index in [1.54, 1.807) is 0 Å². The van der Waals surface area contributed by atoms with Crippen LogP contribution in [0.1, 0.15) is 5.56 Å². The monoisotopic (exact) mass is 336 g/mol. The van der Waals surface area contributed by atoms with Crippen molar-refractivity contribution in [3.63, 3.8) is 0 Å². The van der Waals surface area contributed by atoms with Gasteiger partial charge in [0.2, 0.25) is 0 Å². The Bertz CT molecular complexity index is 935. The molecule has 0 fully saturated rings. The molecular formula is C18H13BrN2. The molecule has 0 amide bonds. The number of aromatic nitrogens is 2. The van der Waals surface area contributed by atoms with Crippen LogP contribution in [0.3, 0.4) is 0 Å². The summed E-state index contributed by atoms with van der Waals surface area (Å²) in [6.45, 7) is 0.833. The first-order valence-corrected chi connectivity index (χ1v) is 7.67. The predicted molar refractivity (Wildman–Crippen MR) is 90.5 cm³/mol. The molecule has 0 saturated carbocycles. The van der Waals surface area contributed by atoms with Crippen molar-refractivity contribution < 1.29 is 0 Å². The largest absolute Gasteiger partial charge is 0.343 e. The topological polar surface area (TPSA) is 17.8 Å². The number of para-hydroxylation sites is 1. The lowest BCUT2D eigenvalue weighted by molar-refractivity contribution is 0.841. The Morgan fingerprint density at radius 3 is 2.81 bits per heavy atom. The van der Waals surface area contributed by atoms with Crippen LogP contribution in [0.25, 0.3) is 21.8 Å². The summed E-state index contributed by atoms with van der Waals surface area (Å²) in [5.41, 5.74) is 3.57. The number of benzene rings is 2. The number of halogens is 1. The molecule has 2 aromatic heterocycles. The van der Waals surface area contributed by atoms with E-state index in [9.17, 15) is 0 Å². The molecule has 0 aliphatic rings. The second-order valence-corrected chi connectivity index (χ2v) is 6.05. The molecule has 0 bridgehead atoms. The molecule has 0 unspecified atom stereocenters. The quantitative estimate of drug-likeness (QED) is 0.503. The van der Waals surface area contributed by atoms with Gasteiger partial charge in [-0.25, -0.2) is 0 Å². The van der Waals surface area contributed by atoms with Gasteiger partial charge in [-0.05, 0) is 35.9 Å². The molecule has 0 aliphatic heterocycles. The van der Waals surface area contributed by atoms with Crippen molar-refractivity contribution >= 4 is 37.7 Å². The summed E-state index contributed by atoms with van der Waals surface area (Å²) in [4.78, 5) is 4.54. The van der Waals surface area contributed by atoms with Gasteiger partial charge in [0.05, 0.1) is 5.52 Å². The van der Waals surface area contributed by atoms with Crippen LogP contribution >= 0.6 is 15.9 Å². The third-order valence-electron chi connectivity index (χ3n) is 3.79. The zero-order chi connectivity index (χ0) is 14.2. The van der Waals surface area contributed by atoms with Crippen LogP contribution in [0, 0.1) is 0 Å². The molecule has 0 atom stereocenters. The Morgan fingerprint density at radius 2 is 1.86 bits per heavy atom. The predicted octanol–water partition coefficient (Wildman–Crippen LogP) is 5.00. The zero-order valence-corrected chi connectivity index (χ0v) is 12.9. The minimum atomic E-state index is 0.833. The van der Waals surface area contributed by atoms with E-state index >= 15 is 0 Å². The molecule has 0 saturated heterocycles. The highest BCUT2D eigenvalue weighted by atomic mass is 79.9. The van der Waals surface area contributed by atoms with Crippen molar-refractivity contribution in [3.05, 3.63) is 77.0 Å². The minimum Gasteiger partial charge on any atom is -0.343 e. The first-order valence-electron chi connectivity index (χ1n) is 6.88. The Labute approximate surface area is 131 Å². The third kappa shape index (κ3) is 2.24. The number of rotatable bonds is 2. The Balaban J connectivity index is 1.83. The average Bonchev–Trinajstić information content (AvgIpc) is 2.90. The lowest BCUT2D eigenvalue weighted by atomic mass is 10.1. The summed E-state index contributed by atoms with van der Waals surface area (Å²) in [6, 6.07) is 19.0. The highest BCUT2D eigenvalue weighted by Gasteiger charge is 2.05. The highest BCUT2D eigenvalue weighted by Crippen LogP contribution is 2.23. The SMILES string of the molecule is Brc1ccc2c(ccn2Cc2cccc3cccnc23)c1. The molecule has 0 radical (unpaired) electrons. The van der Waals surface area contributed by atoms with Crippen LogP contribution in [0.15, 0.2) is 71.5 Å². The maximum Gasteiger partial charge on any atom is 0.0751 e. The van der Waals surface area contributed by atoms with Gasteiger partial charge < -0.3 is 4.57 Å². The second-order valence-electron chi connectivity index (χ2n) is 5.14. The first-order chi connectivity index (χ1) is 10.3. The van der Waals surface area contributed by atoms with Gasteiger partial charge in [-0.3, -0.25) is 4.98 Å². The van der Waals surface area contributed by atoms with Crippen molar-refractivity contribution in [2.24, 2.45) is 0 Å². The van der Waals surface area contributed by atoms with Gasteiger partial charge in [0, 0.05) is 39.7 Å². The van der Waals surface area contributed by atoms with E-state index in [1.165, 1.54) is 21.9 Å². The molecule has 4 rings (SSSR count). The molecular weight excluding hydrogens is 324 g/mol. The summed E-state index contributed by atoms with van der Waals surface area (Å²) < 4.78 is 3.38.